The monoisotopic (exact) mass is 454 g/mol. The highest BCUT2D eigenvalue weighted by atomic mass is 32.2. The van der Waals surface area contributed by atoms with Crippen molar-refractivity contribution in [3.05, 3.63) is 90.0 Å². The molecule has 0 fully saturated rings. The number of rotatable bonds is 9. The van der Waals surface area contributed by atoms with Crippen molar-refractivity contribution < 1.29 is 13.2 Å². The summed E-state index contributed by atoms with van der Waals surface area (Å²) < 4.78 is 27.8. The lowest BCUT2D eigenvalue weighted by Gasteiger charge is -2.24. The lowest BCUT2D eigenvalue weighted by atomic mass is 10.2. The summed E-state index contributed by atoms with van der Waals surface area (Å²) in [6.07, 6.45) is 0. The maximum atomic E-state index is 13.3. The van der Waals surface area contributed by atoms with Crippen molar-refractivity contribution in [3.63, 3.8) is 0 Å². The molecule has 0 aromatic heterocycles. The van der Waals surface area contributed by atoms with Crippen LogP contribution in [0.25, 0.3) is 0 Å². The van der Waals surface area contributed by atoms with Crippen LogP contribution in [0.15, 0.2) is 88.7 Å². The average molecular weight is 455 g/mol. The van der Waals surface area contributed by atoms with Gasteiger partial charge in [-0.3, -0.25) is 9.10 Å². The van der Waals surface area contributed by atoms with E-state index in [1.165, 1.54) is 0 Å². The van der Waals surface area contributed by atoms with E-state index in [0.29, 0.717) is 18.0 Å². The number of aryl methyl sites for hydroxylation is 2. The van der Waals surface area contributed by atoms with E-state index in [2.05, 4.69) is 5.32 Å². The van der Waals surface area contributed by atoms with E-state index in [0.717, 1.165) is 20.3 Å². The van der Waals surface area contributed by atoms with Crippen LogP contribution in [0.1, 0.15) is 11.1 Å². The van der Waals surface area contributed by atoms with E-state index in [9.17, 15) is 13.2 Å². The predicted molar refractivity (Wildman–Crippen MR) is 127 cm³/mol. The molecule has 0 atom stereocenters. The summed E-state index contributed by atoms with van der Waals surface area (Å²) in [5, 5.41) is 2.83. The zero-order valence-electron chi connectivity index (χ0n) is 17.6. The van der Waals surface area contributed by atoms with Crippen LogP contribution >= 0.6 is 11.8 Å². The normalized spacial score (nSPS) is 11.2. The minimum Gasteiger partial charge on any atom is -0.354 e. The summed E-state index contributed by atoms with van der Waals surface area (Å²) in [4.78, 5) is 13.9. The van der Waals surface area contributed by atoms with Crippen molar-refractivity contribution in [3.8, 4) is 0 Å². The number of hydrogen-bond acceptors (Lipinski definition) is 4. The van der Waals surface area contributed by atoms with E-state index < -0.39 is 10.0 Å². The number of carbonyl (C=O) groups is 1. The minimum atomic E-state index is -3.89. The van der Waals surface area contributed by atoms with Gasteiger partial charge in [0.25, 0.3) is 10.0 Å². The Bertz CT molecular complexity index is 1100. The van der Waals surface area contributed by atoms with Crippen molar-refractivity contribution in [2.75, 3.05) is 23.1 Å². The quantitative estimate of drug-likeness (QED) is 0.384. The molecule has 7 heteroatoms. The third-order valence-electron chi connectivity index (χ3n) is 4.65. The van der Waals surface area contributed by atoms with Crippen LogP contribution < -0.4 is 9.62 Å². The summed E-state index contributed by atoms with van der Waals surface area (Å²) in [7, 11) is -3.89. The van der Waals surface area contributed by atoms with Crippen LogP contribution in [0.5, 0.6) is 0 Å². The van der Waals surface area contributed by atoms with Gasteiger partial charge in [-0.15, -0.1) is 11.8 Å². The summed E-state index contributed by atoms with van der Waals surface area (Å²) in [5.74, 6) is 0.357. The number of nitrogens with zero attached hydrogens (tertiary/aromatic N) is 1. The molecule has 0 unspecified atom stereocenters. The van der Waals surface area contributed by atoms with Gasteiger partial charge in [0.15, 0.2) is 0 Å². The fourth-order valence-corrected chi connectivity index (χ4v) is 5.14. The SMILES string of the molecule is Cc1ccc(N(CC(=O)NCCSc2ccccc2)S(=O)(=O)c2ccc(C)cc2)cc1. The Labute approximate surface area is 188 Å². The van der Waals surface area contributed by atoms with Gasteiger partial charge in [0, 0.05) is 17.2 Å². The van der Waals surface area contributed by atoms with Gasteiger partial charge in [-0.05, 0) is 50.2 Å². The van der Waals surface area contributed by atoms with Crippen molar-refractivity contribution >= 4 is 33.4 Å². The Morgan fingerprint density at radius 1 is 0.871 bits per heavy atom. The first-order chi connectivity index (χ1) is 14.9. The van der Waals surface area contributed by atoms with Crippen LogP contribution in [0.2, 0.25) is 0 Å². The summed E-state index contributed by atoms with van der Waals surface area (Å²) >= 11 is 1.64. The number of anilines is 1. The van der Waals surface area contributed by atoms with Crippen molar-refractivity contribution in [1.29, 1.82) is 0 Å². The zero-order chi connectivity index (χ0) is 22.3. The highest BCUT2D eigenvalue weighted by Crippen LogP contribution is 2.24. The van der Waals surface area contributed by atoms with E-state index in [4.69, 9.17) is 0 Å². The molecule has 1 amide bonds. The van der Waals surface area contributed by atoms with Gasteiger partial charge in [-0.25, -0.2) is 8.42 Å². The summed E-state index contributed by atoms with van der Waals surface area (Å²) in [6.45, 7) is 3.99. The molecule has 0 heterocycles. The molecule has 0 bridgehead atoms. The number of hydrogen-bond donors (Lipinski definition) is 1. The second-order valence-electron chi connectivity index (χ2n) is 7.17. The van der Waals surface area contributed by atoms with Gasteiger partial charge < -0.3 is 5.32 Å². The minimum absolute atomic E-state index is 0.158. The molecule has 162 valence electrons. The van der Waals surface area contributed by atoms with Gasteiger partial charge >= 0.3 is 0 Å². The maximum absolute atomic E-state index is 13.3. The Morgan fingerprint density at radius 2 is 1.45 bits per heavy atom. The second kappa shape index (κ2) is 10.5. The summed E-state index contributed by atoms with van der Waals surface area (Å²) in [6, 6.07) is 23.7. The van der Waals surface area contributed by atoms with Crippen LogP contribution in [0.4, 0.5) is 5.69 Å². The number of amides is 1. The molecule has 5 nitrogen and oxygen atoms in total. The Kier molecular flexibility index (Phi) is 7.76. The van der Waals surface area contributed by atoms with Crippen molar-refractivity contribution in [2.24, 2.45) is 0 Å². The van der Waals surface area contributed by atoms with Crippen LogP contribution in [0.3, 0.4) is 0 Å². The van der Waals surface area contributed by atoms with Gasteiger partial charge in [0.1, 0.15) is 6.54 Å². The van der Waals surface area contributed by atoms with E-state index in [1.807, 2.05) is 56.3 Å². The number of sulfonamides is 1. The molecule has 0 saturated carbocycles. The van der Waals surface area contributed by atoms with Gasteiger partial charge in [-0.1, -0.05) is 53.6 Å². The van der Waals surface area contributed by atoms with Gasteiger partial charge in [-0.2, -0.15) is 0 Å². The molecule has 0 saturated heterocycles. The molecular formula is C24H26N2O3S2. The molecule has 31 heavy (non-hydrogen) atoms. The first-order valence-electron chi connectivity index (χ1n) is 9.97. The largest absolute Gasteiger partial charge is 0.354 e. The topological polar surface area (TPSA) is 66.5 Å². The predicted octanol–water partition coefficient (Wildman–Crippen LogP) is 4.41. The standard InChI is InChI=1S/C24H26N2O3S2/c1-19-8-12-21(13-9-19)26(31(28,29)23-14-10-20(2)11-15-23)18-24(27)25-16-17-30-22-6-4-3-5-7-22/h3-15H,16-18H2,1-2H3,(H,25,27). The Hall–Kier alpha value is -2.77. The van der Waals surface area contributed by atoms with Crippen LogP contribution in [0, 0.1) is 13.8 Å². The lowest BCUT2D eigenvalue weighted by molar-refractivity contribution is -0.119. The van der Waals surface area contributed by atoms with Crippen molar-refractivity contribution in [2.45, 2.75) is 23.6 Å². The molecule has 0 radical (unpaired) electrons. The fourth-order valence-electron chi connectivity index (χ4n) is 2.93. The molecule has 0 spiro atoms. The average Bonchev–Trinajstić information content (AvgIpc) is 2.77. The van der Waals surface area contributed by atoms with Gasteiger partial charge in [0.05, 0.1) is 10.6 Å². The van der Waals surface area contributed by atoms with Crippen LogP contribution in [-0.4, -0.2) is 33.2 Å². The third-order valence-corrected chi connectivity index (χ3v) is 7.46. The zero-order valence-corrected chi connectivity index (χ0v) is 19.2. The molecular weight excluding hydrogens is 428 g/mol. The molecule has 1 N–H and O–H groups in total. The van der Waals surface area contributed by atoms with Crippen molar-refractivity contribution in [1.82, 2.24) is 5.32 Å². The highest BCUT2D eigenvalue weighted by molar-refractivity contribution is 7.99. The molecule has 3 aromatic rings. The third kappa shape index (κ3) is 6.35. The van der Waals surface area contributed by atoms with Gasteiger partial charge in [0.2, 0.25) is 5.91 Å². The first-order valence-corrected chi connectivity index (χ1v) is 12.4. The second-order valence-corrected chi connectivity index (χ2v) is 10.2. The number of carbonyl (C=O) groups excluding carboxylic acids is 1. The number of thioether (sulfide) groups is 1. The Morgan fingerprint density at radius 3 is 2.06 bits per heavy atom. The maximum Gasteiger partial charge on any atom is 0.264 e. The summed E-state index contributed by atoms with van der Waals surface area (Å²) in [5.41, 5.74) is 2.44. The van der Waals surface area contributed by atoms with E-state index in [1.54, 1.807) is 48.2 Å². The molecule has 3 aromatic carbocycles. The van der Waals surface area contributed by atoms with E-state index >= 15 is 0 Å². The van der Waals surface area contributed by atoms with E-state index in [-0.39, 0.29) is 17.3 Å². The lowest BCUT2D eigenvalue weighted by Crippen LogP contribution is -2.41. The highest BCUT2D eigenvalue weighted by Gasteiger charge is 2.27. The first kappa shape index (κ1) is 22.9. The molecule has 3 rings (SSSR count). The fraction of sp³-hybridized carbons (Fsp3) is 0.208. The number of benzene rings is 3. The Balaban J connectivity index is 1.71. The molecule has 0 aliphatic heterocycles. The molecule has 0 aliphatic rings. The molecule has 0 aliphatic carbocycles. The smallest absolute Gasteiger partial charge is 0.264 e. The van der Waals surface area contributed by atoms with Crippen LogP contribution in [-0.2, 0) is 14.8 Å². The number of nitrogens with one attached hydrogen (secondary N) is 1.